The Kier molecular flexibility index (Phi) is 2.90. The van der Waals surface area contributed by atoms with Crippen LogP contribution in [0.3, 0.4) is 0 Å². The first-order valence-electron chi connectivity index (χ1n) is 3.30. The molecule has 0 N–H and O–H groups in total. The number of nitrogens with zero attached hydrogens (tertiary/aromatic N) is 1. The van der Waals surface area contributed by atoms with Crippen molar-refractivity contribution in [1.29, 1.82) is 0 Å². The predicted molar refractivity (Wildman–Crippen MR) is 54.4 cm³/mol. The second-order valence-electron chi connectivity index (χ2n) is 2.15. The minimum absolute atomic E-state index is 0.354. The van der Waals surface area contributed by atoms with Gasteiger partial charge in [-0.15, -0.1) is 0 Å². The van der Waals surface area contributed by atoms with Crippen LogP contribution in [0.1, 0.15) is 11.1 Å². The minimum Gasteiger partial charge on any atom is -0.224 e. The van der Waals surface area contributed by atoms with Gasteiger partial charge >= 0.3 is 0 Å². The van der Waals surface area contributed by atoms with Gasteiger partial charge in [0.05, 0.1) is 0 Å². The highest BCUT2D eigenvalue weighted by atomic mass is 35.5. The quantitative estimate of drug-likeness (QED) is 0.663. The van der Waals surface area contributed by atoms with Crippen molar-refractivity contribution in [1.82, 2.24) is 4.98 Å². The normalized spacial score (nSPS) is 9.50. The highest BCUT2D eigenvalue weighted by molar-refractivity contribution is 6.33. The number of halogens is 2. The molecule has 1 aromatic heterocycles. The molecule has 0 unspecified atom stereocenters. The van der Waals surface area contributed by atoms with Crippen molar-refractivity contribution in [3.63, 3.8) is 0 Å². The Bertz CT molecular complexity index is 332. The number of pyridine rings is 1. The third-order valence-corrected chi connectivity index (χ3v) is 1.92. The topological polar surface area (TPSA) is 12.9 Å². The SMILES string of the molecule is C=Cc1cc(Cl)nc(Cl)c1C=C. The summed E-state index contributed by atoms with van der Waals surface area (Å²) in [5, 5.41) is 0.716. The lowest BCUT2D eigenvalue weighted by Crippen LogP contribution is -1.86. The van der Waals surface area contributed by atoms with Crippen LogP contribution in [0.2, 0.25) is 10.3 Å². The smallest absolute Gasteiger partial charge is 0.138 e. The first kappa shape index (κ1) is 9.30. The second kappa shape index (κ2) is 3.74. The summed E-state index contributed by atoms with van der Waals surface area (Å²) in [6, 6.07) is 1.69. The van der Waals surface area contributed by atoms with Gasteiger partial charge in [-0.05, 0) is 11.6 Å². The molecular formula is C9H7Cl2N. The molecule has 0 spiro atoms. The number of aromatic nitrogens is 1. The minimum atomic E-state index is 0.354. The molecule has 0 atom stereocenters. The Hall–Kier alpha value is -0.790. The van der Waals surface area contributed by atoms with Crippen molar-refractivity contribution in [3.8, 4) is 0 Å². The van der Waals surface area contributed by atoms with E-state index in [4.69, 9.17) is 23.2 Å². The monoisotopic (exact) mass is 199 g/mol. The van der Waals surface area contributed by atoms with E-state index in [1.807, 2.05) is 0 Å². The van der Waals surface area contributed by atoms with Crippen LogP contribution in [0.15, 0.2) is 19.2 Å². The van der Waals surface area contributed by atoms with Gasteiger partial charge in [0.2, 0.25) is 0 Å². The van der Waals surface area contributed by atoms with Crippen LogP contribution >= 0.6 is 23.2 Å². The van der Waals surface area contributed by atoms with Gasteiger partial charge in [-0.2, -0.15) is 0 Å². The van der Waals surface area contributed by atoms with E-state index in [1.165, 1.54) is 0 Å². The molecule has 0 saturated heterocycles. The van der Waals surface area contributed by atoms with Gasteiger partial charge in [0, 0.05) is 5.56 Å². The van der Waals surface area contributed by atoms with Gasteiger partial charge < -0.3 is 0 Å². The van der Waals surface area contributed by atoms with Crippen molar-refractivity contribution in [2.45, 2.75) is 0 Å². The molecule has 0 radical (unpaired) electrons. The molecule has 1 rings (SSSR count). The third-order valence-electron chi connectivity index (χ3n) is 1.44. The molecular weight excluding hydrogens is 193 g/mol. The summed E-state index contributed by atoms with van der Waals surface area (Å²) in [4.78, 5) is 3.86. The molecule has 0 saturated carbocycles. The fourth-order valence-corrected chi connectivity index (χ4v) is 1.41. The molecule has 12 heavy (non-hydrogen) atoms. The van der Waals surface area contributed by atoms with E-state index in [2.05, 4.69) is 18.1 Å². The zero-order valence-electron chi connectivity index (χ0n) is 6.35. The van der Waals surface area contributed by atoms with Crippen LogP contribution < -0.4 is 0 Å². The van der Waals surface area contributed by atoms with E-state index in [1.54, 1.807) is 18.2 Å². The van der Waals surface area contributed by atoms with Gasteiger partial charge in [0.15, 0.2) is 0 Å². The predicted octanol–water partition coefficient (Wildman–Crippen LogP) is 3.67. The maximum absolute atomic E-state index is 5.80. The molecule has 0 bridgehead atoms. The Morgan fingerprint density at radius 3 is 2.42 bits per heavy atom. The zero-order chi connectivity index (χ0) is 9.14. The number of rotatable bonds is 2. The summed E-state index contributed by atoms with van der Waals surface area (Å²) in [6.45, 7) is 7.24. The molecule has 0 aliphatic rings. The Morgan fingerprint density at radius 2 is 1.92 bits per heavy atom. The summed E-state index contributed by atoms with van der Waals surface area (Å²) in [5.41, 5.74) is 1.60. The largest absolute Gasteiger partial charge is 0.224 e. The standard InChI is InChI=1S/C9H7Cl2N/c1-3-6-5-8(10)12-9(11)7(6)4-2/h3-5H,1-2H2. The summed E-state index contributed by atoms with van der Waals surface area (Å²) < 4.78 is 0. The van der Waals surface area contributed by atoms with Gasteiger partial charge in [0.25, 0.3) is 0 Å². The molecule has 1 heterocycles. The lowest BCUT2D eigenvalue weighted by Gasteiger charge is -2.02. The zero-order valence-corrected chi connectivity index (χ0v) is 7.86. The lowest BCUT2D eigenvalue weighted by atomic mass is 10.1. The molecule has 0 fully saturated rings. The molecule has 0 aliphatic heterocycles. The van der Waals surface area contributed by atoms with Crippen molar-refractivity contribution < 1.29 is 0 Å². The van der Waals surface area contributed by atoms with Gasteiger partial charge in [0.1, 0.15) is 10.3 Å². The van der Waals surface area contributed by atoms with Gasteiger partial charge in [-0.3, -0.25) is 0 Å². The van der Waals surface area contributed by atoms with Crippen LogP contribution in [-0.4, -0.2) is 4.98 Å². The molecule has 3 heteroatoms. The van der Waals surface area contributed by atoms with E-state index >= 15 is 0 Å². The number of hydrogen-bond donors (Lipinski definition) is 0. The highest BCUT2D eigenvalue weighted by Crippen LogP contribution is 2.23. The van der Waals surface area contributed by atoms with Crippen LogP contribution in [0, 0.1) is 0 Å². The Labute approximate surface area is 81.3 Å². The van der Waals surface area contributed by atoms with Crippen LogP contribution in [0.25, 0.3) is 12.2 Å². The average molecular weight is 200 g/mol. The fourth-order valence-electron chi connectivity index (χ4n) is 0.882. The third kappa shape index (κ3) is 1.68. The molecule has 62 valence electrons. The van der Waals surface area contributed by atoms with Crippen molar-refractivity contribution in [2.24, 2.45) is 0 Å². The first-order chi connectivity index (χ1) is 5.69. The summed E-state index contributed by atoms with van der Waals surface area (Å²) in [6.07, 6.45) is 3.29. The number of hydrogen-bond acceptors (Lipinski definition) is 1. The van der Waals surface area contributed by atoms with Crippen molar-refractivity contribution >= 4 is 35.4 Å². The molecule has 0 amide bonds. The Morgan fingerprint density at radius 1 is 1.25 bits per heavy atom. The maximum atomic E-state index is 5.80. The molecule has 1 nitrogen and oxygen atoms in total. The van der Waals surface area contributed by atoms with Gasteiger partial charge in [-0.1, -0.05) is 48.5 Å². The lowest BCUT2D eigenvalue weighted by molar-refractivity contribution is 1.31. The van der Waals surface area contributed by atoms with Gasteiger partial charge in [-0.25, -0.2) is 4.98 Å². The summed E-state index contributed by atoms with van der Waals surface area (Å²) >= 11 is 11.5. The van der Waals surface area contributed by atoms with E-state index in [0.717, 1.165) is 11.1 Å². The molecule has 1 aromatic rings. The van der Waals surface area contributed by atoms with Crippen molar-refractivity contribution in [3.05, 3.63) is 40.7 Å². The molecule has 0 aromatic carbocycles. The van der Waals surface area contributed by atoms with Crippen molar-refractivity contribution in [2.75, 3.05) is 0 Å². The maximum Gasteiger partial charge on any atom is 0.138 e. The highest BCUT2D eigenvalue weighted by Gasteiger charge is 2.04. The average Bonchev–Trinajstić information content (AvgIpc) is 2.03. The van der Waals surface area contributed by atoms with E-state index in [0.29, 0.717) is 10.3 Å². The molecule has 0 aliphatic carbocycles. The van der Waals surface area contributed by atoms with Crippen LogP contribution in [0.5, 0.6) is 0 Å². The second-order valence-corrected chi connectivity index (χ2v) is 2.89. The first-order valence-corrected chi connectivity index (χ1v) is 4.05. The fraction of sp³-hybridized carbons (Fsp3) is 0. The Balaban J connectivity index is 3.43. The summed E-state index contributed by atoms with van der Waals surface area (Å²) in [7, 11) is 0. The van der Waals surface area contributed by atoms with E-state index in [9.17, 15) is 0 Å². The summed E-state index contributed by atoms with van der Waals surface area (Å²) in [5.74, 6) is 0. The van der Waals surface area contributed by atoms with E-state index < -0.39 is 0 Å². The van der Waals surface area contributed by atoms with Crippen LogP contribution in [0.4, 0.5) is 0 Å². The van der Waals surface area contributed by atoms with E-state index in [-0.39, 0.29) is 0 Å². The van der Waals surface area contributed by atoms with Crippen LogP contribution in [-0.2, 0) is 0 Å².